The van der Waals surface area contributed by atoms with E-state index in [1.165, 1.54) is 6.08 Å². The van der Waals surface area contributed by atoms with E-state index in [0.717, 1.165) is 12.0 Å². The van der Waals surface area contributed by atoms with Gasteiger partial charge in [0.1, 0.15) is 0 Å². The predicted molar refractivity (Wildman–Crippen MR) is 72.2 cm³/mol. The van der Waals surface area contributed by atoms with Crippen molar-refractivity contribution in [2.75, 3.05) is 0 Å². The molecular weight excluding hydrogens is 228 g/mol. The lowest BCUT2D eigenvalue weighted by Crippen LogP contribution is -1.99. The van der Waals surface area contributed by atoms with Gasteiger partial charge in [-0.2, -0.15) is 0 Å². The predicted octanol–water partition coefficient (Wildman–Crippen LogP) is 3.64. The van der Waals surface area contributed by atoms with Crippen molar-refractivity contribution in [1.29, 1.82) is 0 Å². The van der Waals surface area contributed by atoms with Crippen LogP contribution in [0.3, 0.4) is 0 Å². The van der Waals surface area contributed by atoms with E-state index in [1.807, 2.05) is 36.4 Å². The summed E-state index contributed by atoms with van der Waals surface area (Å²) in [7, 11) is 0. The zero-order valence-electron chi connectivity index (χ0n) is 10.4. The van der Waals surface area contributed by atoms with Crippen molar-refractivity contribution in [3.05, 3.63) is 53.8 Å². The number of benzene rings is 1. The number of allylic oxidation sites excluding steroid dienone is 2. The molecular formula is C15H18O3. The lowest BCUT2D eigenvalue weighted by molar-refractivity contribution is -0.135. The van der Waals surface area contributed by atoms with Crippen molar-refractivity contribution >= 4 is 12.0 Å². The van der Waals surface area contributed by atoms with Crippen LogP contribution in [0.25, 0.3) is 6.08 Å². The second-order valence-corrected chi connectivity index (χ2v) is 4.22. The third-order valence-corrected chi connectivity index (χ3v) is 2.60. The van der Waals surface area contributed by atoms with Gasteiger partial charge in [-0.3, -0.25) is 0 Å². The third kappa shape index (κ3) is 5.34. The SMILES string of the molecule is C[C@H](C=Cc1ccccc1)CCC=C(O)C(=O)O. The lowest BCUT2D eigenvalue weighted by atomic mass is 10.0. The summed E-state index contributed by atoms with van der Waals surface area (Å²) in [6.07, 6.45) is 6.83. The normalized spacial score (nSPS) is 13.7. The minimum Gasteiger partial charge on any atom is -0.502 e. The first-order valence-corrected chi connectivity index (χ1v) is 5.95. The molecule has 0 radical (unpaired) electrons. The van der Waals surface area contributed by atoms with Gasteiger partial charge in [-0.15, -0.1) is 0 Å². The molecule has 0 saturated carbocycles. The first kappa shape index (κ1) is 14.0. The van der Waals surface area contributed by atoms with Crippen LogP contribution in [0.2, 0.25) is 0 Å². The van der Waals surface area contributed by atoms with Gasteiger partial charge in [-0.1, -0.05) is 49.4 Å². The van der Waals surface area contributed by atoms with Crippen molar-refractivity contribution < 1.29 is 15.0 Å². The Morgan fingerprint density at radius 1 is 1.28 bits per heavy atom. The molecule has 1 aromatic carbocycles. The van der Waals surface area contributed by atoms with E-state index in [9.17, 15) is 4.79 Å². The second kappa shape index (κ2) is 7.33. The molecule has 1 rings (SSSR count). The first-order valence-electron chi connectivity index (χ1n) is 5.95. The standard InChI is InChI=1S/C15H18O3/c1-12(6-5-9-14(16)15(17)18)10-11-13-7-3-2-4-8-13/h2-4,7-12,16H,5-6H2,1H3,(H,17,18)/t12-/m0/s1. The Balaban J connectivity index is 2.38. The highest BCUT2D eigenvalue weighted by molar-refractivity contribution is 5.83. The summed E-state index contributed by atoms with van der Waals surface area (Å²) in [5.41, 5.74) is 1.15. The van der Waals surface area contributed by atoms with Gasteiger partial charge in [0.25, 0.3) is 0 Å². The fraction of sp³-hybridized carbons (Fsp3) is 0.267. The number of carbonyl (C=O) groups is 1. The van der Waals surface area contributed by atoms with Crippen LogP contribution in [0.5, 0.6) is 0 Å². The van der Waals surface area contributed by atoms with Crippen LogP contribution < -0.4 is 0 Å². The molecule has 0 amide bonds. The minimum absolute atomic E-state index is 0.336. The zero-order chi connectivity index (χ0) is 13.4. The van der Waals surface area contributed by atoms with Crippen molar-refractivity contribution in [2.45, 2.75) is 19.8 Å². The molecule has 3 heteroatoms. The van der Waals surface area contributed by atoms with Crippen LogP contribution in [0, 0.1) is 5.92 Å². The van der Waals surface area contributed by atoms with E-state index in [1.54, 1.807) is 0 Å². The van der Waals surface area contributed by atoms with E-state index < -0.39 is 11.7 Å². The molecule has 0 aliphatic heterocycles. The first-order chi connectivity index (χ1) is 8.59. The Hall–Kier alpha value is -2.03. The quantitative estimate of drug-likeness (QED) is 0.595. The maximum atomic E-state index is 10.4. The maximum absolute atomic E-state index is 10.4. The number of aliphatic carboxylic acids is 1. The Morgan fingerprint density at radius 2 is 1.94 bits per heavy atom. The summed E-state index contributed by atoms with van der Waals surface area (Å²) < 4.78 is 0. The molecule has 1 aromatic rings. The van der Waals surface area contributed by atoms with Crippen LogP contribution in [-0.4, -0.2) is 16.2 Å². The van der Waals surface area contributed by atoms with Gasteiger partial charge in [-0.05, 0) is 30.4 Å². The third-order valence-electron chi connectivity index (χ3n) is 2.60. The number of aliphatic hydroxyl groups is 1. The summed E-state index contributed by atoms with van der Waals surface area (Å²) in [4.78, 5) is 10.4. The van der Waals surface area contributed by atoms with Crippen LogP contribution >= 0.6 is 0 Å². The van der Waals surface area contributed by atoms with E-state index in [4.69, 9.17) is 10.2 Å². The largest absolute Gasteiger partial charge is 0.502 e. The highest BCUT2D eigenvalue weighted by Crippen LogP contribution is 2.11. The molecule has 0 bridgehead atoms. The fourth-order valence-corrected chi connectivity index (χ4v) is 1.51. The molecule has 0 spiro atoms. The second-order valence-electron chi connectivity index (χ2n) is 4.22. The molecule has 0 heterocycles. The minimum atomic E-state index is -1.28. The van der Waals surface area contributed by atoms with Gasteiger partial charge in [0.05, 0.1) is 0 Å². The van der Waals surface area contributed by atoms with Gasteiger partial charge in [0, 0.05) is 0 Å². The Morgan fingerprint density at radius 3 is 2.56 bits per heavy atom. The number of rotatable bonds is 6. The zero-order valence-corrected chi connectivity index (χ0v) is 10.4. The van der Waals surface area contributed by atoms with Gasteiger partial charge in [0.15, 0.2) is 5.76 Å². The Kier molecular flexibility index (Phi) is 5.71. The average Bonchev–Trinajstić information content (AvgIpc) is 2.37. The van der Waals surface area contributed by atoms with Gasteiger partial charge in [0.2, 0.25) is 0 Å². The number of hydrogen-bond donors (Lipinski definition) is 2. The molecule has 0 aromatic heterocycles. The molecule has 96 valence electrons. The molecule has 18 heavy (non-hydrogen) atoms. The number of carboxylic acid groups (broad SMARTS) is 1. The summed E-state index contributed by atoms with van der Waals surface area (Å²) in [6, 6.07) is 9.99. The molecule has 1 atom stereocenters. The highest BCUT2D eigenvalue weighted by Gasteiger charge is 2.02. The number of carboxylic acids is 1. The average molecular weight is 246 g/mol. The molecule has 3 nitrogen and oxygen atoms in total. The summed E-state index contributed by atoms with van der Waals surface area (Å²) in [5.74, 6) is -1.51. The van der Waals surface area contributed by atoms with Gasteiger partial charge >= 0.3 is 5.97 Å². The smallest absolute Gasteiger partial charge is 0.370 e. The molecule has 0 fully saturated rings. The molecule has 0 aliphatic carbocycles. The fourth-order valence-electron chi connectivity index (χ4n) is 1.51. The topological polar surface area (TPSA) is 57.5 Å². The number of hydrogen-bond acceptors (Lipinski definition) is 2. The lowest BCUT2D eigenvalue weighted by Gasteiger charge is -2.03. The van der Waals surface area contributed by atoms with Crippen molar-refractivity contribution in [3.8, 4) is 0 Å². The van der Waals surface area contributed by atoms with Crippen LogP contribution in [0.1, 0.15) is 25.3 Å². The summed E-state index contributed by atoms with van der Waals surface area (Å²) in [5, 5.41) is 17.5. The summed E-state index contributed by atoms with van der Waals surface area (Å²) >= 11 is 0. The van der Waals surface area contributed by atoms with Crippen LogP contribution in [0.15, 0.2) is 48.2 Å². The Bertz CT molecular complexity index is 432. The molecule has 2 N–H and O–H groups in total. The number of aliphatic hydroxyl groups excluding tert-OH is 1. The highest BCUT2D eigenvalue weighted by atomic mass is 16.4. The van der Waals surface area contributed by atoms with Gasteiger partial charge in [-0.25, -0.2) is 4.79 Å². The maximum Gasteiger partial charge on any atom is 0.370 e. The monoisotopic (exact) mass is 246 g/mol. The van der Waals surface area contributed by atoms with E-state index in [2.05, 4.69) is 13.0 Å². The van der Waals surface area contributed by atoms with Crippen molar-refractivity contribution in [3.63, 3.8) is 0 Å². The Labute approximate surface area is 107 Å². The molecule has 0 aliphatic rings. The van der Waals surface area contributed by atoms with Crippen LogP contribution in [0.4, 0.5) is 0 Å². The van der Waals surface area contributed by atoms with Gasteiger partial charge < -0.3 is 10.2 Å². The van der Waals surface area contributed by atoms with Crippen LogP contribution in [-0.2, 0) is 4.79 Å². The van der Waals surface area contributed by atoms with E-state index >= 15 is 0 Å². The molecule has 0 saturated heterocycles. The van der Waals surface area contributed by atoms with Crippen molar-refractivity contribution in [2.24, 2.45) is 5.92 Å². The molecule has 0 unspecified atom stereocenters. The van der Waals surface area contributed by atoms with E-state index in [0.29, 0.717) is 12.3 Å². The summed E-state index contributed by atoms with van der Waals surface area (Å²) in [6.45, 7) is 2.06. The van der Waals surface area contributed by atoms with Crippen molar-refractivity contribution in [1.82, 2.24) is 0 Å². The van der Waals surface area contributed by atoms with E-state index in [-0.39, 0.29) is 0 Å².